The van der Waals surface area contributed by atoms with Crippen LogP contribution in [0.2, 0.25) is 0 Å². The van der Waals surface area contributed by atoms with Crippen molar-refractivity contribution in [3.63, 3.8) is 0 Å². The van der Waals surface area contributed by atoms with Gasteiger partial charge < -0.3 is 4.90 Å². The predicted molar refractivity (Wildman–Crippen MR) is 104 cm³/mol. The highest BCUT2D eigenvalue weighted by molar-refractivity contribution is 7.89. The van der Waals surface area contributed by atoms with E-state index >= 15 is 0 Å². The van der Waals surface area contributed by atoms with Crippen molar-refractivity contribution < 1.29 is 17.6 Å². The summed E-state index contributed by atoms with van der Waals surface area (Å²) in [5, 5.41) is 0. The fourth-order valence-electron chi connectivity index (χ4n) is 3.60. The first-order valence-electron chi connectivity index (χ1n) is 9.61. The molecule has 5 nitrogen and oxygen atoms in total. The third kappa shape index (κ3) is 3.82. The van der Waals surface area contributed by atoms with Crippen molar-refractivity contribution >= 4 is 15.9 Å². The van der Waals surface area contributed by atoms with Gasteiger partial charge in [-0.05, 0) is 49.4 Å². The fourth-order valence-corrected chi connectivity index (χ4v) is 5.21. The molecule has 0 unspecified atom stereocenters. The van der Waals surface area contributed by atoms with Gasteiger partial charge in [0.1, 0.15) is 10.7 Å². The van der Waals surface area contributed by atoms with Gasteiger partial charge in [-0.3, -0.25) is 4.79 Å². The SMILES string of the molecule is O=C(c1ccc(F)c(S(=O)(=O)N2CCCC2)c1)N(Cc1ccccc1)C1CC1. The highest BCUT2D eigenvalue weighted by atomic mass is 32.2. The zero-order valence-electron chi connectivity index (χ0n) is 15.6. The van der Waals surface area contributed by atoms with Gasteiger partial charge in [-0.15, -0.1) is 0 Å². The summed E-state index contributed by atoms with van der Waals surface area (Å²) in [6, 6.07) is 13.5. The van der Waals surface area contributed by atoms with Crippen LogP contribution in [-0.4, -0.2) is 42.7 Å². The summed E-state index contributed by atoms with van der Waals surface area (Å²) in [5.41, 5.74) is 1.22. The Kier molecular flexibility index (Phi) is 5.21. The lowest BCUT2D eigenvalue weighted by Gasteiger charge is -2.23. The maximum absolute atomic E-state index is 14.4. The topological polar surface area (TPSA) is 57.7 Å². The van der Waals surface area contributed by atoms with Crippen molar-refractivity contribution in [2.24, 2.45) is 0 Å². The third-order valence-electron chi connectivity index (χ3n) is 5.31. The third-order valence-corrected chi connectivity index (χ3v) is 7.22. The molecule has 0 N–H and O–H groups in total. The van der Waals surface area contributed by atoms with Gasteiger partial charge in [-0.1, -0.05) is 30.3 Å². The van der Waals surface area contributed by atoms with Crippen LogP contribution in [0.4, 0.5) is 4.39 Å². The minimum atomic E-state index is -3.93. The summed E-state index contributed by atoms with van der Waals surface area (Å²) >= 11 is 0. The molecule has 2 fully saturated rings. The lowest BCUT2D eigenvalue weighted by atomic mass is 10.1. The molecule has 28 heavy (non-hydrogen) atoms. The number of carbonyl (C=O) groups excluding carboxylic acids is 1. The van der Waals surface area contributed by atoms with Crippen molar-refractivity contribution in [2.45, 2.75) is 43.2 Å². The van der Waals surface area contributed by atoms with Crippen LogP contribution in [0, 0.1) is 5.82 Å². The van der Waals surface area contributed by atoms with Crippen LogP contribution >= 0.6 is 0 Å². The fraction of sp³-hybridized carbons (Fsp3) is 0.381. The Morgan fingerprint density at radius 1 is 1.07 bits per heavy atom. The van der Waals surface area contributed by atoms with E-state index in [-0.39, 0.29) is 17.5 Å². The second-order valence-electron chi connectivity index (χ2n) is 7.41. The molecule has 0 spiro atoms. The van der Waals surface area contributed by atoms with Gasteiger partial charge in [-0.25, -0.2) is 12.8 Å². The smallest absolute Gasteiger partial charge is 0.254 e. The number of rotatable bonds is 6. The van der Waals surface area contributed by atoms with Gasteiger partial charge in [0.05, 0.1) is 0 Å². The molecule has 4 rings (SSSR count). The number of amides is 1. The van der Waals surface area contributed by atoms with E-state index in [1.807, 2.05) is 30.3 Å². The lowest BCUT2D eigenvalue weighted by molar-refractivity contribution is 0.0729. The molecular weight excluding hydrogens is 379 g/mol. The van der Waals surface area contributed by atoms with Crippen LogP contribution in [0.1, 0.15) is 41.6 Å². The maximum Gasteiger partial charge on any atom is 0.254 e. The highest BCUT2D eigenvalue weighted by Crippen LogP contribution is 2.31. The molecule has 7 heteroatoms. The van der Waals surface area contributed by atoms with Crippen molar-refractivity contribution in [2.75, 3.05) is 13.1 Å². The Labute approximate surface area is 164 Å². The Hall–Kier alpha value is -2.25. The largest absolute Gasteiger partial charge is 0.331 e. The quantitative estimate of drug-likeness (QED) is 0.744. The van der Waals surface area contributed by atoms with Crippen molar-refractivity contribution in [1.82, 2.24) is 9.21 Å². The summed E-state index contributed by atoms with van der Waals surface area (Å²) < 4.78 is 41.3. The molecule has 0 bridgehead atoms. The summed E-state index contributed by atoms with van der Waals surface area (Å²) in [4.78, 5) is 14.5. The molecule has 1 saturated heterocycles. The number of sulfonamides is 1. The van der Waals surface area contributed by atoms with Gasteiger partial charge in [0.2, 0.25) is 10.0 Å². The van der Waals surface area contributed by atoms with Crippen LogP contribution in [0.15, 0.2) is 53.4 Å². The molecule has 2 aliphatic rings. The maximum atomic E-state index is 14.4. The zero-order chi connectivity index (χ0) is 19.7. The monoisotopic (exact) mass is 402 g/mol. The number of nitrogens with zero attached hydrogens (tertiary/aromatic N) is 2. The van der Waals surface area contributed by atoms with Gasteiger partial charge in [0.25, 0.3) is 5.91 Å². The van der Waals surface area contributed by atoms with Crippen LogP contribution in [0.25, 0.3) is 0 Å². The van der Waals surface area contributed by atoms with Crippen molar-refractivity contribution in [3.05, 3.63) is 65.5 Å². The molecule has 2 aromatic rings. The first kappa shape index (κ1) is 19.1. The molecule has 1 heterocycles. The number of hydrogen-bond acceptors (Lipinski definition) is 3. The summed E-state index contributed by atoms with van der Waals surface area (Å²) in [6.45, 7) is 1.24. The average Bonchev–Trinajstić information content (AvgIpc) is 3.38. The molecule has 148 valence electrons. The number of benzene rings is 2. The Bertz CT molecular complexity index is 968. The van der Waals surface area contributed by atoms with Crippen LogP contribution < -0.4 is 0 Å². The average molecular weight is 402 g/mol. The Morgan fingerprint density at radius 3 is 2.39 bits per heavy atom. The van der Waals surface area contributed by atoms with Gasteiger partial charge in [0, 0.05) is 31.2 Å². The Balaban J connectivity index is 1.63. The molecule has 0 aromatic heterocycles. The lowest BCUT2D eigenvalue weighted by Crippen LogP contribution is -2.33. The standard InChI is InChI=1S/C21H23FN2O3S/c22-19-11-8-17(14-20(19)28(26,27)23-12-4-5-13-23)21(25)24(18-9-10-18)15-16-6-2-1-3-7-16/h1-3,6-8,11,14,18H,4-5,9-10,12-13,15H2. The molecule has 1 saturated carbocycles. The van der Waals surface area contributed by atoms with Crippen LogP contribution in [0.3, 0.4) is 0 Å². The van der Waals surface area contributed by atoms with Crippen LogP contribution in [0.5, 0.6) is 0 Å². The van der Waals surface area contributed by atoms with E-state index in [9.17, 15) is 17.6 Å². The molecule has 1 amide bonds. The van der Waals surface area contributed by atoms with E-state index in [1.54, 1.807) is 4.90 Å². The second kappa shape index (κ2) is 7.64. The number of halogens is 1. The highest BCUT2D eigenvalue weighted by Gasteiger charge is 2.35. The first-order valence-corrected chi connectivity index (χ1v) is 11.1. The van der Waals surface area contributed by atoms with E-state index in [4.69, 9.17) is 0 Å². The van der Waals surface area contributed by atoms with Gasteiger partial charge in [0.15, 0.2) is 0 Å². The number of carbonyl (C=O) groups is 1. The molecule has 2 aromatic carbocycles. The summed E-state index contributed by atoms with van der Waals surface area (Å²) in [7, 11) is -3.93. The molecule has 1 aliphatic heterocycles. The van der Waals surface area contributed by atoms with E-state index in [0.29, 0.717) is 19.6 Å². The molecular formula is C21H23FN2O3S. The second-order valence-corrected chi connectivity index (χ2v) is 9.31. The Morgan fingerprint density at radius 2 is 1.75 bits per heavy atom. The van der Waals surface area contributed by atoms with E-state index in [1.165, 1.54) is 16.4 Å². The van der Waals surface area contributed by atoms with Crippen molar-refractivity contribution in [1.29, 1.82) is 0 Å². The predicted octanol–water partition coefficient (Wildman–Crippen LogP) is 3.42. The summed E-state index contributed by atoms with van der Waals surface area (Å²) in [5.74, 6) is -1.08. The number of hydrogen-bond donors (Lipinski definition) is 0. The van der Waals surface area contributed by atoms with E-state index in [2.05, 4.69) is 0 Å². The van der Waals surface area contributed by atoms with Crippen molar-refractivity contribution in [3.8, 4) is 0 Å². The normalized spacial score (nSPS) is 17.6. The first-order chi connectivity index (χ1) is 13.5. The summed E-state index contributed by atoms with van der Waals surface area (Å²) in [6.07, 6.45) is 3.40. The molecule has 0 atom stereocenters. The van der Waals surface area contributed by atoms with E-state index in [0.717, 1.165) is 37.3 Å². The minimum Gasteiger partial charge on any atom is -0.331 e. The molecule has 1 aliphatic carbocycles. The minimum absolute atomic E-state index is 0.149. The van der Waals surface area contributed by atoms with Gasteiger partial charge in [-0.2, -0.15) is 4.31 Å². The zero-order valence-corrected chi connectivity index (χ0v) is 16.4. The van der Waals surface area contributed by atoms with Gasteiger partial charge >= 0.3 is 0 Å². The van der Waals surface area contributed by atoms with Crippen LogP contribution in [-0.2, 0) is 16.6 Å². The van der Waals surface area contributed by atoms with E-state index < -0.39 is 20.7 Å². The molecule has 0 radical (unpaired) electrons.